The van der Waals surface area contributed by atoms with Crippen LogP contribution in [0.2, 0.25) is 0 Å². The average Bonchev–Trinajstić information content (AvgIpc) is 2.69. The van der Waals surface area contributed by atoms with E-state index in [1.165, 1.54) is 10.4 Å². The van der Waals surface area contributed by atoms with Gasteiger partial charge in [0.2, 0.25) is 10.0 Å². The van der Waals surface area contributed by atoms with Gasteiger partial charge in [0, 0.05) is 39.1 Å². The van der Waals surface area contributed by atoms with Crippen molar-refractivity contribution >= 4 is 16.0 Å². The molecular formula is C21H34F3NO6S. The van der Waals surface area contributed by atoms with Gasteiger partial charge < -0.3 is 14.2 Å². The third kappa shape index (κ3) is 7.43. The lowest BCUT2D eigenvalue weighted by Crippen LogP contribution is -2.59. The summed E-state index contributed by atoms with van der Waals surface area (Å²) >= 11 is 0. The molecule has 2 aliphatic heterocycles. The van der Waals surface area contributed by atoms with Crippen LogP contribution in [0.25, 0.3) is 0 Å². The Morgan fingerprint density at radius 3 is 2.25 bits per heavy atom. The van der Waals surface area contributed by atoms with Crippen molar-refractivity contribution in [2.75, 3.05) is 32.9 Å². The Balaban J connectivity index is 1.93. The molecule has 0 atom stereocenters. The van der Waals surface area contributed by atoms with Crippen molar-refractivity contribution in [1.82, 2.24) is 4.31 Å². The van der Waals surface area contributed by atoms with Crippen molar-refractivity contribution in [3.05, 3.63) is 12.2 Å². The molecule has 0 saturated carbocycles. The fraction of sp³-hybridized carbons (Fsp3) is 0.857. The minimum absolute atomic E-state index is 0.0466. The first-order chi connectivity index (χ1) is 14.8. The highest BCUT2D eigenvalue weighted by Crippen LogP contribution is 2.36. The zero-order valence-corrected chi connectivity index (χ0v) is 19.8. The third-order valence-corrected chi connectivity index (χ3v) is 8.07. The summed E-state index contributed by atoms with van der Waals surface area (Å²) in [7, 11) is -3.98. The molecule has 0 bridgehead atoms. The third-order valence-electron chi connectivity index (χ3n) is 5.46. The lowest BCUT2D eigenvalue weighted by atomic mass is 9.99. The molecule has 11 heteroatoms. The van der Waals surface area contributed by atoms with Gasteiger partial charge in [-0.1, -0.05) is 12.2 Å². The molecule has 0 unspecified atom stereocenters. The molecule has 0 radical (unpaired) electrons. The molecule has 0 spiro atoms. The van der Waals surface area contributed by atoms with Crippen molar-refractivity contribution in [2.24, 2.45) is 0 Å². The van der Waals surface area contributed by atoms with Gasteiger partial charge in [-0.05, 0) is 40.0 Å². The Morgan fingerprint density at radius 1 is 1.12 bits per heavy atom. The maximum atomic E-state index is 13.5. The lowest BCUT2D eigenvalue weighted by molar-refractivity contribution is -0.161. The van der Waals surface area contributed by atoms with Crippen LogP contribution >= 0.6 is 0 Å². The van der Waals surface area contributed by atoms with E-state index < -0.39 is 38.9 Å². The van der Waals surface area contributed by atoms with Crippen LogP contribution < -0.4 is 0 Å². The predicted octanol–water partition coefficient (Wildman–Crippen LogP) is 3.59. The fourth-order valence-electron chi connectivity index (χ4n) is 3.76. The summed E-state index contributed by atoms with van der Waals surface area (Å²) < 4.78 is 79.6. The van der Waals surface area contributed by atoms with E-state index in [0.717, 1.165) is 6.08 Å². The summed E-state index contributed by atoms with van der Waals surface area (Å²) in [5.74, 6) is -0.739. The smallest absolute Gasteiger partial charge is 0.392 e. The van der Waals surface area contributed by atoms with E-state index in [1.807, 2.05) is 0 Å². The average molecular weight is 486 g/mol. The minimum Gasteiger partial charge on any atom is -0.459 e. The number of halogens is 3. The molecule has 2 fully saturated rings. The standard InChI is InChI=1S/C21H34F3NO6S/c1-19(2,3)31-18(26)20(10-15-29-16-11-20)32(27,28)25-12-7-17(8-13-25)30-14-6-4-5-9-21(22,23)24/h4-5,17H,6-16H2,1-3H3/b5-4+. The number of rotatable bonds is 8. The number of ether oxygens (including phenoxy) is 3. The van der Waals surface area contributed by atoms with Crippen LogP contribution in [-0.2, 0) is 29.0 Å². The largest absolute Gasteiger partial charge is 0.459 e. The molecule has 2 aliphatic rings. The van der Waals surface area contributed by atoms with Crippen LogP contribution in [0.4, 0.5) is 13.2 Å². The first-order valence-electron chi connectivity index (χ1n) is 10.9. The summed E-state index contributed by atoms with van der Waals surface area (Å²) in [4.78, 5) is 13.0. The molecule has 186 valence electrons. The monoisotopic (exact) mass is 485 g/mol. The number of hydrogen-bond acceptors (Lipinski definition) is 6. The lowest BCUT2D eigenvalue weighted by Gasteiger charge is -2.41. The van der Waals surface area contributed by atoms with E-state index in [9.17, 15) is 26.4 Å². The summed E-state index contributed by atoms with van der Waals surface area (Å²) in [5, 5.41) is 0. The van der Waals surface area contributed by atoms with Gasteiger partial charge in [-0.25, -0.2) is 12.7 Å². The Bertz CT molecular complexity index is 746. The molecule has 0 aromatic heterocycles. The molecule has 7 nitrogen and oxygen atoms in total. The van der Waals surface area contributed by atoms with Gasteiger partial charge in [0.25, 0.3) is 0 Å². The predicted molar refractivity (Wildman–Crippen MR) is 113 cm³/mol. The number of carbonyl (C=O) groups excluding carboxylic acids is 1. The molecule has 0 aromatic rings. The molecular weight excluding hydrogens is 451 g/mol. The Hall–Kier alpha value is -1.17. The maximum Gasteiger partial charge on any atom is 0.392 e. The number of allylic oxidation sites excluding steroid dienone is 1. The van der Waals surface area contributed by atoms with Crippen LogP contribution in [0.3, 0.4) is 0 Å². The molecule has 32 heavy (non-hydrogen) atoms. The second kappa shape index (κ2) is 10.8. The van der Waals surface area contributed by atoms with Gasteiger partial charge in [0.05, 0.1) is 19.1 Å². The highest BCUT2D eigenvalue weighted by atomic mass is 32.2. The van der Waals surface area contributed by atoms with Crippen molar-refractivity contribution < 1.29 is 40.6 Å². The number of nitrogens with zero attached hydrogens (tertiary/aromatic N) is 1. The number of hydrogen-bond donors (Lipinski definition) is 0. The number of carbonyl (C=O) groups is 1. The highest BCUT2D eigenvalue weighted by Gasteiger charge is 2.56. The van der Waals surface area contributed by atoms with Crippen molar-refractivity contribution in [3.63, 3.8) is 0 Å². The minimum atomic E-state index is -4.21. The molecule has 0 aliphatic carbocycles. The SMILES string of the molecule is CC(C)(C)OC(=O)C1(S(=O)(=O)N2CCC(OCC/C=C/CC(F)(F)F)CC2)CCOCC1. The molecule has 2 rings (SSSR count). The van der Waals surface area contributed by atoms with Crippen LogP contribution in [0.1, 0.15) is 59.3 Å². The zero-order chi connectivity index (χ0) is 24.0. The van der Waals surface area contributed by atoms with Crippen LogP contribution in [-0.4, -0.2) is 74.2 Å². The summed E-state index contributed by atoms with van der Waals surface area (Å²) in [5.41, 5.74) is -0.812. The fourth-order valence-corrected chi connectivity index (χ4v) is 5.88. The normalized spacial score (nSPS) is 21.7. The summed E-state index contributed by atoms with van der Waals surface area (Å²) in [6.07, 6.45) is -1.49. The number of esters is 1. The summed E-state index contributed by atoms with van der Waals surface area (Å²) in [6, 6.07) is 0. The zero-order valence-electron chi connectivity index (χ0n) is 18.9. The van der Waals surface area contributed by atoms with Crippen molar-refractivity contribution in [3.8, 4) is 0 Å². The van der Waals surface area contributed by atoms with E-state index in [0.29, 0.717) is 19.3 Å². The van der Waals surface area contributed by atoms with Crippen LogP contribution in [0, 0.1) is 0 Å². The maximum absolute atomic E-state index is 13.5. The van der Waals surface area contributed by atoms with Crippen LogP contribution in [0.15, 0.2) is 12.2 Å². The molecule has 0 N–H and O–H groups in total. The quantitative estimate of drug-likeness (QED) is 0.297. The van der Waals surface area contributed by atoms with Gasteiger partial charge in [0.1, 0.15) is 5.60 Å². The highest BCUT2D eigenvalue weighted by molar-refractivity contribution is 7.91. The number of sulfonamides is 1. The van der Waals surface area contributed by atoms with E-state index in [-0.39, 0.29) is 51.9 Å². The van der Waals surface area contributed by atoms with Crippen molar-refractivity contribution in [1.29, 1.82) is 0 Å². The van der Waals surface area contributed by atoms with Gasteiger partial charge in [0.15, 0.2) is 4.75 Å². The number of piperidine rings is 1. The molecule has 0 amide bonds. The first-order valence-corrected chi connectivity index (χ1v) is 12.4. The molecule has 0 aromatic carbocycles. The van der Waals surface area contributed by atoms with E-state index in [1.54, 1.807) is 20.8 Å². The van der Waals surface area contributed by atoms with E-state index >= 15 is 0 Å². The number of alkyl halides is 3. The van der Waals surface area contributed by atoms with Gasteiger partial charge in [-0.3, -0.25) is 4.79 Å². The van der Waals surface area contributed by atoms with Gasteiger partial charge >= 0.3 is 12.1 Å². The topological polar surface area (TPSA) is 82.1 Å². The Labute approximate surface area is 188 Å². The van der Waals surface area contributed by atoms with E-state index in [4.69, 9.17) is 14.2 Å². The first kappa shape index (κ1) is 27.1. The van der Waals surface area contributed by atoms with E-state index in [2.05, 4.69) is 0 Å². The van der Waals surface area contributed by atoms with Crippen LogP contribution in [0.5, 0.6) is 0 Å². The van der Waals surface area contributed by atoms with Gasteiger partial charge in [-0.2, -0.15) is 13.2 Å². The Morgan fingerprint density at radius 2 is 1.72 bits per heavy atom. The second-order valence-electron chi connectivity index (χ2n) is 9.16. The summed E-state index contributed by atoms with van der Waals surface area (Å²) in [6.45, 7) is 6.12. The van der Waals surface area contributed by atoms with Gasteiger partial charge in [-0.15, -0.1) is 0 Å². The molecule has 2 saturated heterocycles. The second-order valence-corrected chi connectivity index (χ2v) is 11.4. The Kier molecular flexibility index (Phi) is 9.17. The molecule has 2 heterocycles. The van der Waals surface area contributed by atoms with Crippen molar-refractivity contribution in [2.45, 2.75) is 81.9 Å².